The van der Waals surface area contributed by atoms with Gasteiger partial charge >= 0.3 is 5.97 Å². The highest BCUT2D eigenvalue weighted by Crippen LogP contribution is 2.19. The molecule has 2 N–H and O–H groups in total. The third-order valence-electron chi connectivity index (χ3n) is 4.51. The van der Waals surface area contributed by atoms with Crippen LogP contribution >= 0.6 is 0 Å². The smallest absolute Gasteiger partial charge is 0.323 e. The molecule has 1 atom stereocenters. The Bertz CT molecular complexity index is 301. The third-order valence-corrected chi connectivity index (χ3v) is 4.51. The van der Waals surface area contributed by atoms with Crippen LogP contribution in [0.15, 0.2) is 0 Å². The molecule has 1 unspecified atom stereocenters. The molecule has 0 radical (unpaired) electrons. The van der Waals surface area contributed by atoms with Gasteiger partial charge in [-0.05, 0) is 79.3 Å². The Morgan fingerprint density at radius 3 is 2.45 bits per heavy atom. The second-order valence-corrected chi connectivity index (χ2v) is 6.54. The lowest BCUT2D eigenvalue weighted by atomic mass is 9.94. The quantitative estimate of drug-likeness (QED) is 0.699. The fourth-order valence-electron chi connectivity index (χ4n) is 2.90. The average Bonchev–Trinajstić information content (AvgIpc) is 2.39. The lowest BCUT2D eigenvalue weighted by molar-refractivity contribution is -0.144. The highest BCUT2D eigenvalue weighted by atomic mass is 16.4. The minimum atomic E-state index is -0.788. The summed E-state index contributed by atoms with van der Waals surface area (Å²) in [5.74, 6) is 0.0625. The molecule has 1 aliphatic heterocycles. The summed E-state index contributed by atoms with van der Waals surface area (Å²) < 4.78 is 0. The maximum absolute atomic E-state index is 11.2. The summed E-state index contributed by atoms with van der Waals surface area (Å²) in [5.41, 5.74) is -0.788. The molecule has 118 valence electrons. The van der Waals surface area contributed by atoms with Crippen molar-refractivity contribution in [2.45, 2.75) is 38.1 Å². The van der Waals surface area contributed by atoms with Gasteiger partial charge in [0.25, 0.3) is 0 Å². The van der Waals surface area contributed by atoms with E-state index in [1.807, 2.05) is 0 Å². The first kappa shape index (κ1) is 17.4. The van der Waals surface area contributed by atoms with E-state index >= 15 is 0 Å². The lowest BCUT2D eigenvalue weighted by Gasteiger charge is -2.34. The predicted molar refractivity (Wildman–Crippen MR) is 82.1 cm³/mol. The molecule has 0 aromatic carbocycles. The number of likely N-dealkylation sites (N-methyl/N-ethyl adjacent to an activating group) is 1. The van der Waals surface area contributed by atoms with E-state index in [4.69, 9.17) is 0 Å². The zero-order valence-electron chi connectivity index (χ0n) is 13.5. The fourth-order valence-corrected chi connectivity index (χ4v) is 2.90. The molecule has 1 heterocycles. The minimum absolute atomic E-state index is 0.677. The van der Waals surface area contributed by atoms with Gasteiger partial charge in [0.2, 0.25) is 0 Å². The Morgan fingerprint density at radius 1 is 1.40 bits per heavy atom. The van der Waals surface area contributed by atoms with Crippen LogP contribution in [0, 0.1) is 5.92 Å². The summed E-state index contributed by atoms with van der Waals surface area (Å²) in [7, 11) is 5.99. The van der Waals surface area contributed by atoms with Crippen LogP contribution in [0.2, 0.25) is 0 Å². The number of aliphatic carboxylic acids is 1. The lowest BCUT2D eigenvalue weighted by Crippen LogP contribution is -2.48. The van der Waals surface area contributed by atoms with Gasteiger partial charge < -0.3 is 20.2 Å². The maximum Gasteiger partial charge on any atom is 0.323 e. The molecule has 0 spiro atoms. The summed E-state index contributed by atoms with van der Waals surface area (Å²) in [4.78, 5) is 15.9. The molecule has 1 fully saturated rings. The molecule has 0 saturated carbocycles. The van der Waals surface area contributed by atoms with Crippen LogP contribution < -0.4 is 5.32 Å². The SMILES string of the molecule is CNC(C)(CCCN1CCC(CN(C)C)CC1)C(=O)O. The number of rotatable bonds is 8. The number of nitrogens with one attached hydrogen (secondary N) is 1. The van der Waals surface area contributed by atoms with Crippen LogP contribution in [0.1, 0.15) is 32.6 Å². The topological polar surface area (TPSA) is 55.8 Å². The van der Waals surface area contributed by atoms with Crippen LogP contribution in [0.4, 0.5) is 0 Å². The fraction of sp³-hybridized carbons (Fsp3) is 0.933. The number of carboxylic acids is 1. The van der Waals surface area contributed by atoms with Crippen molar-refractivity contribution in [3.63, 3.8) is 0 Å². The number of piperidine rings is 1. The number of carboxylic acid groups (broad SMARTS) is 1. The molecule has 1 saturated heterocycles. The van der Waals surface area contributed by atoms with Crippen LogP contribution in [-0.2, 0) is 4.79 Å². The molecule has 1 rings (SSSR count). The van der Waals surface area contributed by atoms with Crippen molar-refractivity contribution >= 4 is 5.97 Å². The zero-order chi connectivity index (χ0) is 15.2. The number of hydrogen-bond acceptors (Lipinski definition) is 4. The van der Waals surface area contributed by atoms with Crippen molar-refractivity contribution in [1.82, 2.24) is 15.1 Å². The Labute approximate surface area is 123 Å². The first-order valence-electron chi connectivity index (χ1n) is 7.67. The Balaban J connectivity index is 2.23. The molecule has 0 bridgehead atoms. The monoisotopic (exact) mass is 285 g/mol. The van der Waals surface area contributed by atoms with Crippen molar-refractivity contribution < 1.29 is 9.90 Å². The van der Waals surface area contributed by atoms with Gasteiger partial charge in [0.1, 0.15) is 5.54 Å². The summed E-state index contributed by atoms with van der Waals surface area (Å²) in [6.07, 6.45) is 4.14. The van der Waals surface area contributed by atoms with Gasteiger partial charge in [-0.25, -0.2) is 0 Å². The molecule has 20 heavy (non-hydrogen) atoms. The molecule has 0 aliphatic carbocycles. The summed E-state index contributed by atoms with van der Waals surface area (Å²) >= 11 is 0. The average molecular weight is 285 g/mol. The Hall–Kier alpha value is -0.650. The molecular weight excluding hydrogens is 254 g/mol. The van der Waals surface area contributed by atoms with E-state index in [-0.39, 0.29) is 0 Å². The van der Waals surface area contributed by atoms with Crippen LogP contribution in [0.25, 0.3) is 0 Å². The summed E-state index contributed by atoms with van der Waals surface area (Å²) in [5, 5.41) is 12.1. The molecule has 0 aromatic heterocycles. The van der Waals surface area contributed by atoms with Crippen molar-refractivity contribution in [3.05, 3.63) is 0 Å². The third kappa shape index (κ3) is 5.38. The number of likely N-dealkylation sites (tertiary alicyclic amines) is 1. The summed E-state index contributed by atoms with van der Waals surface area (Å²) in [6.45, 7) is 6.27. The second kappa shape index (κ2) is 7.96. The van der Waals surface area contributed by atoms with Gasteiger partial charge in [-0.1, -0.05) is 0 Å². The van der Waals surface area contributed by atoms with Gasteiger partial charge in [-0.2, -0.15) is 0 Å². The van der Waals surface area contributed by atoms with Gasteiger partial charge in [0.15, 0.2) is 0 Å². The zero-order valence-corrected chi connectivity index (χ0v) is 13.5. The molecule has 5 nitrogen and oxygen atoms in total. The van der Waals surface area contributed by atoms with E-state index in [1.54, 1.807) is 14.0 Å². The molecule has 5 heteroatoms. The Kier molecular flexibility index (Phi) is 6.92. The van der Waals surface area contributed by atoms with Crippen LogP contribution in [0.5, 0.6) is 0 Å². The van der Waals surface area contributed by atoms with E-state index in [0.29, 0.717) is 6.42 Å². The van der Waals surface area contributed by atoms with E-state index in [0.717, 1.165) is 32.0 Å². The minimum Gasteiger partial charge on any atom is -0.480 e. The van der Waals surface area contributed by atoms with Crippen LogP contribution in [-0.4, -0.2) is 73.7 Å². The van der Waals surface area contributed by atoms with Gasteiger partial charge in [0, 0.05) is 6.54 Å². The Morgan fingerprint density at radius 2 is 2.00 bits per heavy atom. The largest absolute Gasteiger partial charge is 0.480 e. The van der Waals surface area contributed by atoms with Gasteiger partial charge in [-0.15, -0.1) is 0 Å². The second-order valence-electron chi connectivity index (χ2n) is 6.54. The van der Waals surface area contributed by atoms with Gasteiger partial charge in [-0.3, -0.25) is 4.79 Å². The maximum atomic E-state index is 11.2. The van der Waals surface area contributed by atoms with E-state index in [2.05, 4.69) is 29.2 Å². The highest BCUT2D eigenvalue weighted by molar-refractivity contribution is 5.78. The van der Waals surface area contributed by atoms with Gasteiger partial charge in [0.05, 0.1) is 0 Å². The number of nitrogens with zero attached hydrogens (tertiary/aromatic N) is 2. The van der Waals surface area contributed by atoms with Crippen LogP contribution in [0.3, 0.4) is 0 Å². The first-order chi connectivity index (χ1) is 9.37. The van der Waals surface area contributed by atoms with E-state index < -0.39 is 11.5 Å². The number of hydrogen-bond donors (Lipinski definition) is 2. The molecule has 1 aliphatic rings. The summed E-state index contributed by atoms with van der Waals surface area (Å²) in [6, 6.07) is 0. The molecule has 0 amide bonds. The molecular formula is C15H31N3O2. The van der Waals surface area contributed by atoms with Crippen molar-refractivity contribution in [2.75, 3.05) is 47.3 Å². The van der Waals surface area contributed by atoms with Crippen molar-refractivity contribution in [3.8, 4) is 0 Å². The van der Waals surface area contributed by atoms with E-state index in [9.17, 15) is 9.90 Å². The molecule has 0 aromatic rings. The normalized spacial score (nSPS) is 21.1. The van der Waals surface area contributed by atoms with Crippen molar-refractivity contribution in [1.29, 1.82) is 0 Å². The standard InChI is InChI=1S/C15H31N3O2/c1-15(16-2,14(19)20)8-5-9-18-10-6-13(7-11-18)12-17(3)4/h13,16H,5-12H2,1-4H3,(H,19,20). The predicted octanol–water partition coefficient (Wildman–Crippen LogP) is 1.10. The highest BCUT2D eigenvalue weighted by Gasteiger charge is 2.30. The first-order valence-corrected chi connectivity index (χ1v) is 7.67. The van der Waals surface area contributed by atoms with Crippen molar-refractivity contribution in [2.24, 2.45) is 5.92 Å². The van der Waals surface area contributed by atoms with E-state index in [1.165, 1.54) is 19.4 Å². The number of carbonyl (C=O) groups is 1.